The highest BCUT2D eigenvalue weighted by molar-refractivity contribution is 5.76. The average molecular weight is 283 g/mol. The summed E-state index contributed by atoms with van der Waals surface area (Å²) in [6, 6.07) is 12.0. The Morgan fingerprint density at radius 1 is 1.24 bits per heavy atom. The molecule has 2 aromatic heterocycles. The number of imidazole rings is 1. The van der Waals surface area contributed by atoms with Gasteiger partial charge in [-0.05, 0) is 37.6 Å². The first-order valence-corrected chi connectivity index (χ1v) is 7.47. The molecule has 2 N–H and O–H groups in total. The molecule has 3 rings (SSSR count). The summed E-state index contributed by atoms with van der Waals surface area (Å²) < 4.78 is 7.87. The van der Waals surface area contributed by atoms with Gasteiger partial charge in [0.2, 0.25) is 0 Å². The maximum atomic E-state index is 6.27. The number of nitrogens with zero attached hydrogens (tertiary/aromatic N) is 2. The third-order valence-corrected chi connectivity index (χ3v) is 3.75. The van der Waals surface area contributed by atoms with Crippen LogP contribution < -0.4 is 5.73 Å². The fourth-order valence-electron chi connectivity index (χ4n) is 2.89. The minimum absolute atomic E-state index is 0.0334. The van der Waals surface area contributed by atoms with Gasteiger partial charge in [0.25, 0.3) is 0 Å². The van der Waals surface area contributed by atoms with Crippen LogP contribution >= 0.6 is 0 Å². The molecule has 0 aliphatic heterocycles. The van der Waals surface area contributed by atoms with E-state index in [1.807, 2.05) is 37.3 Å². The van der Waals surface area contributed by atoms with Crippen LogP contribution in [0.1, 0.15) is 37.9 Å². The second-order valence-electron chi connectivity index (χ2n) is 5.46. The Kier molecular flexibility index (Phi) is 3.80. The molecule has 0 radical (unpaired) electrons. The minimum atomic E-state index is -0.0654. The van der Waals surface area contributed by atoms with Gasteiger partial charge in [0.15, 0.2) is 0 Å². The van der Waals surface area contributed by atoms with Crippen molar-refractivity contribution >= 4 is 11.0 Å². The lowest BCUT2D eigenvalue weighted by Crippen LogP contribution is -2.31. The highest BCUT2D eigenvalue weighted by Crippen LogP contribution is 2.29. The van der Waals surface area contributed by atoms with Gasteiger partial charge in [-0.25, -0.2) is 4.98 Å². The molecule has 4 heteroatoms. The van der Waals surface area contributed by atoms with E-state index in [0.717, 1.165) is 35.5 Å². The van der Waals surface area contributed by atoms with Crippen LogP contribution in [0.4, 0.5) is 0 Å². The maximum absolute atomic E-state index is 6.27. The summed E-state index contributed by atoms with van der Waals surface area (Å²) in [5, 5.41) is 0. The number of aryl methyl sites for hydroxylation is 1. The highest BCUT2D eigenvalue weighted by atomic mass is 16.3. The summed E-state index contributed by atoms with van der Waals surface area (Å²) in [5.41, 5.74) is 8.39. The zero-order valence-corrected chi connectivity index (χ0v) is 12.5. The average Bonchev–Trinajstić information content (AvgIpc) is 3.09. The van der Waals surface area contributed by atoms with Gasteiger partial charge in [0.05, 0.1) is 17.3 Å². The van der Waals surface area contributed by atoms with Crippen molar-refractivity contribution in [1.29, 1.82) is 0 Å². The number of benzene rings is 1. The fourth-order valence-corrected chi connectivity index (χ4v) is 2.89. The van der Waals surface area contributed by atoms with E-state index >= 15 is 0 Å². The molecule has 3 aromatic rings. The first-order chi connectivity index (χ1) is 10.2. The molecule has 0 spiro atoms. The van der Waals surface area contributed by atoms with E-state index < -0.39 is 0 Å². The Morgan fingerprint density at radius 2 is 2.05 bits per heavy atom. The molecule has 1 aromatic carbocycles. The summed E-state index contributed by atoms with van der Waals surface area (Å²) in [7, 11) is 0. The lowest BCUT2D eigenvalue weighted by Gasteiger charge is -2.23. The summed E-state index contributed by atoms with van der Waals surface area (Å²) >= 11 is 0. The monoisotopic (exact) mass is 283 g/mol. The van der Waals surface area contributed by atoms with Crippen LogP contribution in [0.3, 0.4) is 0 Å². The van der Waals surface area contributed by atoms with Crippen molar-refractivity contribution in [3.05, 3.63) is 54.2 Å². The van der Waals surface area contributed by atoms with Gasteiger partial charge in [-0.1, -0.05) is 19.1 Å². The first kappa shape index (κ1) is 13.9. The Balaban J connectivity index is 2.22. The van der Waals surface area contributed by atoms with E-state index in [1.165, 1.54) is 0 Å². The van der Waals surface area contributed by atoms with Crippen LogP contribution in [0.15, 0.2) is 47.1 Å². The number of fused-ring (bicyclic) bond motifs is 1. The second kappa shape index (κ2) is 5.74. The molecule has 2 heterocycles. The summed E-state index contributed by atoms with van der Waals surface area (Å²) in [5.74, 6) is 1.95. The summed E-state index contributed by atoms with van der Waals surface area (Å²) in [6.45, 7) is 4.18. The molecular weight excluding hydrogens is 262 g/mol. The van der Waals surface area contributed by atoms with Crippen LogP contribution in [0.2, 0.25) is 0 Å². The lowest BCUT2D eigenvalue weighted by molar-refractivity contribution is 0.389. The normalized spacial score (nSPS) is 14.4. The zero-order chi connectivity index (χ0) is 14.8. The van der Waals surface area contributed by atoms with E-state index in [9.17, 15) is 0 Å². The van der Waals surface area contributed by atoms with E-state index in [2.05, 4.69) is 17.6 Å². The van der Waals surface area contributed by atoms with Gasteiger partial charge in [-0.15, -0.1) is 0 Å². The third-order valence-electron chi connectivity index (χ3n) is 3.75. The number of nitrogens with two attached hydrogens (primary N) is 1. The van der Waals surface area contributed by atoms with Crippen LogP contribution in [0.25, 0.3) is 11.0 Å². The van der Waals surface area contributed by atoms with Crippen LogP contribution in [0.5, 0.6) is 0 Å². The van der Waals surface area contributed by atoms with E-state index in [1.54, 1.807) is 6.26 Å². The van der Waals surface area contributed by atoms with Gasteiger partial charge in [-0.3, -0.25) is 0 Å². The second-order valence-corrected chi connectivity index (χ2v) is 5.46. The van der Waals surface area contributed by atoms with Crippen LogP contribution in [-0.2, 0) is 6.42 Å². The molecule has 0 saturated carbocycles. The number of hydrogen-bond donors (Lipinski definition) is 1. The molecule has 0 saturated heterocycles. The summed E-state index contributed by atoms with van der Waals surface area (Å²) in [4.78, 5) is 4.78. The van der Waals surface area contributed by atoms with Crippen molar-refractivity contribution in [2.75, 3.05) is 0 Å². The number of aromatic nitrogens is 2. The number of hydrogen-bond acceptors (Lipinski definition) is 3. The van der Waals surface area contributed by atoms with Crippen molar-refractivity contribution in [3.63, 3.8) is 0 Å². The smallest absolute Gasteiger partial charge is 0.128 e. The predicted molar refractivity (Wildman–Crippen MR) is 84.2 cm³/mol. The molecule has 2 unspecified atom stereocenters. The zero-order valence-electron chi connectivity index (χ0n) is 12.5. The SMILES string of the molecule is CCCc1nc2ccccc2n1C(c1ccco1)C(C)N. The van der Waals surface area contributed by atoms with Gasteiger partial charge in [-0.2, -0.15) is 0 Å². The first-order valence-electron chi connectivity index (χ1n) is 7.47. The topological polar surface area (TPSA) is 57.0 Å². The van der Waals surface area contributed by atoms with Crippen molar-refractivity contribution in [2.24, 2.45) is 5.73 Å². The lowest BCUT2D eigenvalue weighted by atomic mass is 10.1. The highest BCUT2D eigenvalue weighted by Gasteiger charge is 2.25. The Bertz CT molecular complexity index is 713. The van der Waals surface area contributed by atoms with E-state index in [-0.39, 0.29) is 12.1 Å². The molecule has 0 aliphatic carbocycles. The van der Waals surface area contributed by atoms with Gasteiger partial charge < -0.3 is 14.7 Å². The van der Waals surface area contributed by atoms with Crippen LogP contribution in [-0.4, -0.2) is 15.6 Å². The van der Waals surface area contributed by atoms with Crippen molar-refractivity contribution < 1.29 is 4.42 Å². The van der Waals surface area contributed by atoms with Gasteiger partial charge >= 0.3 is 0 Å². The molecule has 0 amide bonds. The summed E-state index contributed by atoms with van der Waals surface area (Å²) in [6.07, 6.45) is 3.68. The molecule has 0 aliphatic rings. The molecular formula is C17H21N3O. The van der Waals surface area contributed by atoms with Crippen molar-refractivity contribution in [2.45, 2.75) is 38.8 Å². The van der Waals surface area contributed by atoms with Crippen LogP contribution in [0, 0.1) is 0 Å². The number of furan rings is 1. The van der Waals surface area contributed by atoms with Crippen molar-refractivity contribution in [3.8, 4) is 0 Å². The third kappa shape index (κ3) is 2.47. The maximum Gasteiger partial charge on any atom is 0.128 e. The van der Waals surface area contributed by atoms with E-state index in [4.69, 9.17) is 15.1 Å². The standard InChI is InChI=1S/C17H21N3O/c1-3-7-16-19-13-8-4-5-9-14(13)20(16)17(12(2)18)15-10-6-11-21-15/h4-6,8-12,17H,3,7,18H2,1-2H3. The number of rotatable bonds is 5. The Labute approximate surface area is 124 Å². The van der Waals surface area contributed by atoms with E-state index in [0.29, 0.717) is 0 Å². The molecule has 21 heavy (non-hydrogen) atoms. The largest absolute Gasteiger partial charge is 0.467 e. The van der Waals surface area contributed by atoms with Gasteiger partial charge in [0.1, 0.15) is 17.6 Å². The molecule has 4 nitrogen and oxygen atoms in total. The molecule has 2 atom stereocenters. The number of para-hydroxylation sites is 2. The fraction of sp³-hybridized carbons (Fsp3) is 0.353. The molecule has 0 fully saturated rings. The predicted octanol–water partition coefficient (Wildman–Crippen LogP) is 3.52. The Morgan fingerprint density at radius 3 is 2.71 bits per heavy atom. The molecule has 110 valence electrons. The quantitative estimate of drug-likeness (QED) is 0.779. The Hall–Kier alpha value is -2.07. The minimum Gasteiger partial charge on any atom is -0.467 e. The molecule has 0 bridgehead atoms. The van der Waals surface area contributed by atoms with Gasteiger partial charge in [0, 0.05) is 12.5 Å². The van der Waals surface area contributed by atoms with Crippen molar-refractivity contribution in [1.82, 2.24) is 9.55 Å².